The Balaban J connectivity index is 0.00000161. The second kappa shape index (κ2) is 5.61. The van der Waals surface area contributed by atoms with E-state index >= 15 is 0 Å². The molecule has 5 nitrogen and oxygen atoms in total. The van der Waals surface area contributed by atoms with Crippen LogP contribution in [0.4, 0.5) is 0 Å². The second-order valence-electron chi connectivity index (χ2n) is 5.54. The number of halogens is 1. The molecule has 0 unspecified atom stereocenters. The van der Waals surface area contributed by atoms with E-state index in [1.54, 1.807) is 0 Å². The summed E-state index contributed by atoms with van der Waals surface area (Å²) in [6, 6.07) is 7.64. The maximum Gasteiger partial charge on any atom is 0.243 e. The number of aryl methyl sites for hydroxylation is 1. The molecule has 21 heavy (non-hydrogen) atoms. The smallest absolute Gasteiger partial charge is 0.243 e. The van der Waals surface area contributed by atoms with Crippen LogP contribution < -0.4 is 10.5 Å². The number of nitrogens with one attached hydrogen (secondary N) is 1. The van der Waals surface area contributed by atoms with Crippen molar-refractivity contribution in [3.63, 3.8) is 0 Å². The van der Waals surface area contributed by atoms with Crippen LogP contribution in [0.5, 0.6) is 0 Å². The molecule has 0 atom stereocenters. The van der Waals surface area contributed by atoms with Gasteiger partial charge in [0.25, 0.3) is 0 Å². The Morgan fingerprint density at radius 1 is 1.29 bits per heavy atom. The van der Waals surface area contributed by atoms with E-state index in [0.717, 1.165) is 16.6 Å². The average Bonchev–Trinajstić information content (AvgIpc) is 2.61. The molecule has 3 rings (SSSR count). The molecule has 3 N–H and O–H groups in total. The number of aromatic nitrogens is 1. The minimum absolute atomic E-state index is 0. The molecule has 1 aromatic heterocycles. The highest BCUT2D eigenvalue weighted by atomic mass is 35.5. The Kier molecular flexibility index (Phi) is 4.35. The lowest BCUT2D eigenvalue weighted by molar-refractivity contribution is 0.327. The van der Waals surface area contributed by atoms with Gasteiger partial charge in [-0.1, -0.05) is 18.2 Å². The van der Waals surface area contributed by atoms with Crippen molar-refractivity contribution < 1.29 is 8.42 Å². The van der Waals surface area contributed by atoms with E-state index in [1.165, 1.54) is 0 Å². The van der Waals surface area contributed by atoms with Gasteiger partial charge in [-0.05, 0) is 25.8 Å². The van der Waals surface area contributed by atoms with Gasteiger partial charge in [0.05, 0.1) is 0 Å². The normalized spacial score (nSPS) is 21.9. The van der Waals surface area contributed by atoms with Crippen molar-refractivity contribution in [1.82, 2.24) is 9.29 Å². The molecular formula is C14H20ClN3O2S. The van der Waals surface area contributed by atoms with Gasteiger partial charge in [-0.2, -0.15) is 0 Å². The van der Waals surface area contributed by atoms with Crippen molar-refractivity contribution in [2.75, 3.05) is 0 Å². The van der Waals surface area contributed by atoms with Crippen molar-refractivity contribution in [2.24, 2.45) is 12.8 Å². The topological polar surface area (TPSA) is 77.1 Å². The minimum atomic E-state index is -3.51. The zero-order valence-electron chi connectivity index (χ0n) is 12.0. The van der Waals surface area contributed by atoms with Gasteiger partial charge in [0, 0.05) is 35.7 Å². The van der Waals surface area contributed by atoms with Gasteiger partial charge >= 0.3 is 0 Å². The molecular weight excluding hydrogens is 310 g/mol. The highest BCUT2D eigenvalue weighted by Crippen LogP contribution is 2.30. The molecule has 0 aliphatic heterocycles. The summed E-state index contributed by atoms with van der Waals surface area (Å²) in [5.74, 6) is 0. The van der Waals surface area contributed by atoms with Gasteiger partial charge in [-0.15, -0.1) is 12.4 Å². The first-order chi connectivity index (χ1) is 9.40. The van der Waals surface area contributed by atoms with E-state index in [9.17, 15) is 8.42 Å². The van der Waals surface area contributed by atoms with Crippen molar-refractivity contribution in [3.05, 3.63) is 30.0 Å². The van der Waals surface area contributed by atoms with E-state index in [1.807, 2.05) is 42.8 Å². The van der Waals surface area contributed by atoms with E-state index < -0.39 is 10.0 Å². The lowest BCUT2D eigenvalue weighted by Gasteiger charge is -2.32. The van der Waals surface area contributed by atoms with Crippen molar-refractivity contribution >= 4 is 33.3 Å². The summed E-state index contributed by atoms with van der Waals surface area (Å²) in [6.45, 7) is 1.83. The highest BCUT2D eigenvalue weighted by molar-refractivity contribution is 7.89. The van der Waals surface area contributed by atoms with Crippen LogP contribution in [0.1, 0.15) is 18.5 Å². The zero-order chi connectivity index (χ0) is 14.5. The fourth-order valence-electron chi connectivity index (χ4n) is 2.86. The Hall–Kier alpha value is -1.08. The van der Waals surface area contributed by atoms with Gasteiger partial charge in [0.2, 0.25) is 10.0 Å². The third kappa shape index (κ3) is 2.68. The van der Waals surface area contributed by atoms with Gasteiger partial charge in [0.15, 0.2) is 0 Å². The predicted octanol–water partition coefficient (Wildman–Crippen LogP) is 1.68. The van der Waals surface area contributed by atoms with Gasteiger partial charge in [-0.3, -0.25) is 0 Å². The minimum Gasteiger partial charge on any atom is -0.347 e. The first-order valence-corrected chi connectivity index (χ1v) is 8.20. The first-order valence-electron chi connectivity index (χ1n) is 6.72. The second-order valence-corrected chi connectivity index (χ2v) is 7.19. The molecule has 2 aromatic rings. The zero-order valence-corrected chi connectivity index (χ0v) is 13.7. The van der Waals surface area contributed by atoms with Crippen LogP contribution in [-0.2, 0) is 17.1 Å². The molecule has 0 radical (unpaired) electrons. The van der Waals surface area contributed by atoms with Crippen LogP contribution in [0.15, 0.2) is 29.2 Å². The molecule has 1 aliphatic carbocycles. The Labute approximate surface area is 131 Å². The molecule has 0 spiro atoms. The molecule has 1 saturated carbocycles. The number of nitrogens with zero attached hydrogens (tertiary/aromatic N) is 1. The van der Waals surface area contributed by atoms with Crippen LogP contribution >= 0.6 is 12.4 Å². The number of benzene rings is 1. The Bertz CT molecular complexity index is 764. The fourth-order valence-corrected chi connectivity index (χ4v) is 4.60. The number of sulfonamides is 1. The Morgan fingerprint density at radius 3 is 2.52 bits per heavy atom. The van der Waals surface area contributed by atoms with E-state index in [0.29, 0.717) is 17.7 Å². The van der Waals surface area contributed by atoms with E-state index in [-0.39, 0.29) is 24.5 Å². The summed E-state index contributed by atoms with van der Waals surface area (Å²) >= 11 is 0. The summed E-state index contributed by atoms with van der Waals surface area (Å²) in [7, 11) is -1.62. The molecule has 116 valence electrons. The van der Waals surface area contributed by atoms with E-state index in [4.69, 9.17) is 5.73 Å². The lowest BCUT2D eigenvalue weighted by atomic mass is 9.89. The summed E-state index contributed by atoms with van der Waals surface area (Å²) in [6.07, 6.45) is 1.42. The number of hydrogen-bond donors (Lipinski definition) is 2. The summed E-state index contributed by atoms with van der Waals surface area (Å²) in [5.41, 5.74) is 7.39. The predicted molar refractivity (Wildman–Crippen MR) is 86.2 cm³/mol. The third-order valence-electron chi connectivity index (χ3n) is 4.11. The fraction of sp³-hybridized carbons (Fsp3) is 0.429. The molecule has 1 aromatic carbocycles. The standard InChI is InChI=1S/C14H19N3O2S.ClH/c1-9-14(12-5-3-4-6-13(12)17(9)2)20(18,19)16-11-7-10(15)8-11;/h3-6,10-11,16H,7-8,15H2,1-2H3;1H. The SMILES string of the molecule is Cc1c(S(=O)(=O)NC2CC(N)C2)c2ccccc2n1C.Cl. The van der Waals surface area contributed by atoms with Crippen molar-refractivity contribution in [2.45, 2.75) is 36.7 Å². The molecule has 0 bridgehead atoms. The quantitative estimate of drug-likeness (QED) is 0.899. The van der Waals surface area contributed by atoms with Crippen molar-refractivity contribution in [1.29, 1.82) is 0 Å². The molecule has 0 amide bonds. The largest absolute Gasteiger partial charge is 0.347 e. The molecule has 1 heterocycles. The van der Waals surface area contributed by atoms with Crippen LogP contribution in [-0.4, -0.2) is 25.1 Å². The van der Waals surface area contributed by atoms with E-state index in [2.05, 4.69) is 4.72 Å². The Morgan fingerprint density at radius 2 is 1.90 bits per heavy atom. The number of hydrogen-bond acceptors (Lipinski definition) is 3. The number of para-hydroxylation sites is 1. The number of rotatable bonds is 3. The van der Waals surface area contributed by atoms with Crippen molar-refractivity contribution in [3.8, 4) is 0 Å². The van der Waals surface area contributed by atoms with Gasteiger partial charge in [0.1, 0.15) is 4.90 Å². The third-order valence-corrected chi connectivity index (χ3v) is 5.80. The average molecular weight is 330 g/mol. The van der Waals surface area contributed by atoms with Gasteiger partial charge < -0.3 is 10.3 Å². The first kappa shape index (κ1) is 16.3. The molecule has 0 saturated heterocycles. The summed E-state index contributed by atoms with van der Waals surface area (Å²) in [5, 5.41) is 0.767. The summed E-state index contributed by atoms with van der Waals surface area (Å²) < 4.78 is 29.9. The number of fused-ring (bicyclic) bond motifs is 1. The highest BCUT2D eigenvalue weighted by Gasteiger charge is 2.32. The number of nitrogens with two attached hydrogens (primary N) is 1. The maximum absolute atomic E-state index is 12.6. The lowest BCUT2D eigenvalue weighted by Crippen LogP contribution is -2.50. The molecule has 1 aliphatic rings. The van der Waals surface area contributed by atoms with Crippen LogP contribution in [0.3, 0.4) is 0 Å². The van der Waals surface area contributed by atoms with Crippen LogP contribution in [0.25, 0.3) is 10.9 Å². The monoisotopic (exact) mass is 329 g/mol. The van der Waals surface area contributed by atoms with Crippen LogP contribution in [0.2, 0.25) is 0 Å². The summed E-state index contributed by atoms with van der Waals surface area (Å²) in [4.78, 5) is 0.385. The van der Waals surface area contributed by atoms with Gasteiger partial charge in [-0.25, -0.2) is 13.1 Å². The van der Waals surface area contributed by atoms with Crippen LogP contribution in [0, 0.1) is 6.92 Å². The molecule has 1 fully saturated rings. The molecule has 7 heteroatoms. The maximum atomic E-state index is 12.6.